The first kappa shape index (κ1) is 10.0. The molecule has 0 spiro atoms. The Morgan fingerprint density at radius 1 is 1.75 bits per heavy atom. The maximum absolute atomic E-state index is 5.76. The van der Waals surface area contributed by atoms with Crippen LogP contribution in [0.5, 0.6) is 0 Å². The molecule has 4 nitrogen and oxygen atoms in total. The van der Waals surface area contributed by atoms with Crippen LogP contribution in [0.2, 0.25) is 0 Å². The molecule has 0 fully saturated rings. The molecule has 68 valence electrons. The molecular formula is C6H10BrN3OS. The number of thioether (sulfide) groups is 1. The van der Waals surface area contributed by atoms with Gasteiger partial charge in [0.05, 0.1) is 6.04 Å². The molecule has 0 aliphatic rings. The van der Waals surface area contributed by atoms with Crippen molar-refractivity contribution in [2.75, 3.05) is 12.0 Å². The highest BCUT2D eigenvalue weighted by Crippen LogP contribution is 2.15. The summed E-state index contributed by atoms with van der Waals surface area (Å²) in [6.45, 7) is 0. The lowest BCUT2D eigenvalue weighted by molar-refractivity contribution is 0.350. The summed E-state index contributed by atoms with van der Waals surface area (Å²) in [6.07, 6.45) is 2.90. The maximum Gasteiger partial charge on any atom is 0.244 e. The third-order valence-electron chi connectivity index (χ3n) is 1.37. The van der Waals surface area contributed by atoms with Gasteiger partial charge in [-0.15, -0.1) is 0 Å². The Bertz CT molecular complexity index is 242. The second-order valence-electron chi connectivity index (χ2n) is 2.29. The predicted octanol–water partition coefficient (Wildman–Crippen LogP) is 1.58. The molecule has 0 unspecified atom stereocenters. The van der Waals surface area contributed by atoms with E-state index < -0.39 is 0 Å². The fourth-order valence-electron chi connectivity index (χ4n) is 0.735. The molecule has 0 saturated carbocycles. The van der Waals surface area contributed by atoms with Crippen molar-refractivity contribution in [1.29, 1.82) is 0 Å². The Morgan fingerprint density at radius 2 is 2.50 bits per heavy atom. The summed E-state index contributed by atoms with van der Waals surface area (Å²) in [5.74, 6) is 1.50. The molecular weight excluding hydrogens is 242 g/mol. The van der Waals surface area contributed by atoms with E-state index in [0.717, 1.165) is 12.2 Å². The fraction of sp³-hybridized carbons (Fsp3) is 0.667. The van der Waals surface area contributed by atoms with Crippen LogP contribution in [0.1, 0.15) is 18.4 Å². The van der Waals surface area contributed by atoms with Gasteiger partial charge in [-0.05, 0) is 39.5 Å². The van der Waals surface area contributed by atoms with E-state index >= 15 is 0 Å². The van der Waals surface area contributed by atoms with Crippen molar-refractivity contribution in [2.45, 2.75) is 12.5 Å². The summed E-state index contributed by atoms with van der Waals surface area (Å²) < 4.78 is 5.34. The second kappa shape index (κ2) is 4.84. The summed E-state index contributed by atoms with van der Waals surface area (Å²) in [5, 5.41) is 3.59. The van der Waals surface area contributed by atoms with Gasteiger partial charge in [-0.1, -0.05) is 0 Å². The minimum atomic E-state index is -0.142. The van der Waals surface area contributed by atoms with Crippen LogP contribution in [0, 0.1) is 0 Å². The van der Waals surface area contributed by atoms with Crippen LogP contribution in [0.3, 0.4) is 0 Å². The first-order valence-electron chi connectivity index (χ1n) is 3.47. The Balaban J connectivity index is 2.47. The van der Waals surface area contributed by atoms with Gasteiger partial charge >= 0.3 is 0 Å². The number of hydrogen-bond donors (Lipinski definition) is 1. The van der Waals surface area contributed by atoms with Crippen molar-refractivity contribution in [3.05, 3.63) is 10.6 Å². The maximum atomic E-state index is 5.76. The highest BCUT2D eigenvalue weighted by Gasteiger charge is 2.12. The summed E-state index contributed by atoms with van der Waals surface area (Å²) in [5.41, 5.74) is 5.76. The number of halogens is 1. The summed E-state index contributed by atoms with van der Waals surface area (Å²) in [4.78, 5) is 3.97. The van der Waals surface area contributed by atoms with Gasteiger partial charge < -0.3 is 10.3 Å². The minimum absolute atomic E-state index is 0.142. The summed E-state index contributed by atoms with van der Waals surface area (Å²) >= 11 is 4.84. The van der Waals surface area contributed by atoms with Crippen molar-refractivity contribution >= 4 is 27.7 Å². The smallest absolute Gasteiger partial charge is 0.244 e. The summed E-state index contributed by atoms with van der Waals surface area (Å²) in [6, 6.07) is -0.142. The molecule has 1 atom stereocenters. The van der Waals surface area contributed by atoms with E-state index in [9.17, 15) is 0 Å². The zero-order chi connectivity index (χ0) is 8.97. The predicted molar refractivity (Wildman–Crippen MR) is 51.9 cm³/mol. The van der Waals surface area contributed by atoms with Gasteiger partial charge in [-0.25, -0.2) is 0 Å². The van der Waals surface area contributed by atoms with Crippen molar-refractivity contribution in [3.63, 3.8) is 0 Å². The van der Waals surface area contributed by atoms with Gasteiger partial charge in [-0.3, -0.25) is 0 Å². The van der Waals surface area contributed by atoms with E-state index in [4.69, 9.17) is 10.3 Å². The van der Waals surface area contributed by atoms with Gasteiger partial charge in [-0.2, -0.15) is 16.7 Å². The van der Waals surface area contributed by atoms with Gasteiger partial charge in [0.1, 0.15) is 0 Å². The van der Waals surface area contributed by atoms with Crippen LogP contribution < -0.4 is 5.73 Å². The number of nitrogens with zero attached hydrogens (tertiary/aromatic N) is 2. The van der Waals surface area contributed by atoms with Crippen molar-refractivity contribution in [2.24, 2.45) is 5.73 Å². The summed E-state index contributed by atoms with van der Waals surface area (Å²) in [7, 11) is 0. The van der Waals surface area contributed by atoms with Crippen LogP contribution >= 0.6 is 27.7 Å². The molecule has 0 radical (unpaired) electrons. The molecule has 6 heteroatoms. The van der Waals surface area contributed by atoms with Crippen LogP contribution in [0.25, 0.3) is 0 Å². The molecule has 12 heavy (non-hydrogen) atoms. The average Bonchev–Trinajstić information content (AvgIpc) is 2.47. The number of hydrogen-bond acceptors (Lipinski definition) is 5. The third kappa shape index (κ3) is 2.76. The van der Waals surface area contributed by atoms with Gasteiger partial charge in [0.2, 0.25) is 10.6 Å². The standard InChI is InChI=1S/C6H10BrN3OS/c1-12-3-2-4(8)5-9-6(7)10-11-5/h4H,2-3,8H2,1H3/t4-/m0/s1. The number of aromatic nitrogens is 2. The molecule has 0 aromatic carbocycles. The van der Waals surface area contributed by atoms with E-state index in [0.29, 0.717) is 10.6 Å². The Morgan fingerprint density at radius 3 is 3.00 bits per heavy atom. The van der Waals surface area contributed by atoms with E-state index in [1.54, 1.807) is 11.8 Å². The molecule has 0 aliphatic carbocycles. The van der Waals surface area contributed by atoms with Crippen LogP contribution in [0.4, 0.5) is 0 Å². The Labute approximate surface area is 83.4 Å². The molecule has 1 heterocycles. The molecule has 2 N–H and O–H groups in total. The molecule has 0 amide bonds. The minimum Gasteiger partial charge on any atom is -0.337 e. The van der Waals surface area contributed by atoms with Crippen molar-refractivity contribution < 1.29 is 4.52 Å². The lowest BCUT2D eigenvalue weighted by Crippen LogP contribution is -2.11. The molecule has 0 saturated heterocycles. The number of nitrogens with two attached hydrogens (primary N) is 1. The number of rotatable bonds is 4. The first-order valence-corrected chi connectivity index (χ1v) is 5.66. The topological polar surface area (TPSA) is 64.9 Å². The van der Waals surface area contributed by atoms with E-state index in [1.807, 2.05) is 6.26 Å². The average molecular weight is 252 g/mol. The van der Waals surface area contributed by atoms with E-state index in [-0.39, 0.29) is 6.04 Å². The molecule has 1 rings (SSSR count). The quantitative estimate of drug-likeness (QED) is 0.881. The lowest BCUT2D eigenvalue weighted by Gasteiger charge is -2.03. The molecule has 0 bridgehead atoms. The van der Waals surface area contributed by atoms with Gasteiger partial charge in [0, 0.05) is 0 Å². The van der Waals surface area contributed by atoms with Crippen LogP contribution in [0.15, 0.2) is 9.26 Å². The van der Waals surface area contributed by atoms with Gasteiger partial charge in [0.15, 0.2) is 0 Å². The van der Waals surface area contributed by atoms with E-state index in [2.05, 4.69) is 26.1 Å². The lowest BCUT2D eigenvalue weighted by atomic mass is 10.2. The fourth-order valence-corrected chi connectivity index (χ4v) is 1.47. The Hall–Kier alpha value is -0.0700. The third-order valence-corrected chi connectivity index (χ3v) is 2.33. The van der Waals surface area contributed by atoms with Crippen LogP contribution in [-0.2, 0) is 0 Å². The normalized spacial score (nSPS) is 13.2. The largest absolute Gasteiger partial charge is 0.337 e. The second-order valence-corrected chi connectivity index (χ2v) is 3.98. The van der Waals surface area contributed by atoms with E-state index in [1.165, 1.54) is 0 Å². The SMILES string of the molecule is CSCC[C@H](N)c1nc(Br)no1. The highest BCUT2D eigenvalue weighted by atomic mass is 79.9. The first-order chi connectivity index (χ1) is 5.74. The zero-order valence-corrected chi connectivity index (χ0v) is 9.06. The molecule has 1 aromatic rings. The molecule has 0 aliphatic heterocycles. The van der Waals surface area contributed by atoms with Crippen molar-refractivity contribution in [1.82, 2.24) is 10.1 Å². The van der Waals surface area contributed by atoms with Gasteiger partial charge in [0.25, 0.3) is 0 Å². The monoisotopic (exact) mass is 251 g/mol. The van der Waals surface area contributed by atoms with Crippen molar-refractivity contribution in [3.8, 4) is 0 Å². The molecule has 1 aromatic heterocycles. The highest BCUT2D eigenvalue weighted by molar-refractivity contribution is 9.10. The zero-order valence-electron chi connectivity index (χ0n) is 6.66. The Kier molecular flexibility index (Phi) is 4.03. The van der Waals surface area contributed by atoms with Crippen LogP contribution in [-0.4, -0.2) is 22.1 Å².